The van der Waals surface area contributed by atoms with E-state index in [1.807, 2.05) is 4.90 Å². The molecule has 0 aromatic carbocycles. The molecule has 79 heavy (non-hydrogen) atoms. The van der Waals surface area contributed by atoms with Crippen molar-refractivity contribution in [2.24, 2.45) is 0 Å². The maximum atomic E-state index is 12.8. The van der Waals surface area contributed by atoms with Crippen LogP contribution < -0.4 is 64.5 Å². The van der Waals surface area contributed by atoms with E-state index in [0.717, 1.165) is 0 Å². The van der Waals surface area contributed by atoms with Gasteiger partial charge in [-0.1, -0.05) is 0 Å². The van der Waals surface area contributed by atoms with E-state index < -0.39 is 16.7 Å². The number of hydrogen-bond donors (Lipinski definition) is 12. The smallest absolute Gasteiger partial charge is 0.304 e. The van der Waals surface area contributed by atoms with Crippen LogP contribution >= 0.6 is 0 Å². The number of amides is 6. The van der Waals surface area contributed by atoms with Gasteiger partial charge in [-0.05, 0) is 62.3 Å². The number of nitrogens with zero attached hydrogens (tertiary/aromatic N) is 7. The van der Waals surface area contributed by atoms with Gasteiger partial charge >= 0.3 is 16.7 Å². The van der Waals surface area contributed by atoms with Gasteiger partial charge in [0.2, 0.25) is 35.4 Å². The Labute approximate surface area is 459 Å². The maximum Gasteiger partial charge on any atom is 0.304 e. The summed E-state index contributed by atoms with van der Waals surface area (Å²) < 4.78 is 1.60. The van der Waals surface area contributed by atoms with E-state index in [0.29, 0.717) is 107 Å². The summed E-state index contributed by atoms with van der Waals surface area (Å²) in [4.78, 5) is 127. The van der Waals surface area contributed by atoms with Crippen molar-refractivity contribution in [1.82, 2.24) is 81.9 Å². The summed E-state index contributed by atoms with van der Waals surface area (Å²) in [6.45, 7) is 19.4. The van der Waals surface area contributed by atoms with Crippen LogP contribution in [0.15, 0.2) is 14.4 Å². The SMILES string of the molecule is Cc1nc(CCC(=O)N[C@H](C)CNCCC(=O)NCCN(CCNC(=O)CCNC[C@@H](C)NC(=O)CCc2nc(C)c(C)n(O)c2=O)CCNC(=O)CCNC[C@@H](C)NC(=O)CCc2nc(C)c(C)n(O)c2=O)c(=O)n(O)c1C. The van der Waals surface area contributed by atoms with Gasteiger partial charge in [0.1, 0.15) is 17.1 Å². The molecule has 3 atom stereocenters. The molecule has 0 saturated carbocycles. The molecule has 3 aromatic heterocycles. The molecule has 0 aliphatic heterocycles. The Morgan fingerprint density at radius 1 is 0.418 bits per heavy atom. The summed E-state index contributed by atoms with van der Waals surface area (Å²) in [6, 6.07) is -0.831. The minimum atomic E-state index is -0.661. The zero-order chi connectivity index (χ0) is 58.8. The third-order valence-electron chi connectivity index (χ3n) is 12.9. The second-order valence-corrected chi connectivity index (χ2v) is 19.7. The van der Waals surface area contributed by atoms with Crippen molar-refractivity contribution in [3.63, 3.8) is 0 Å². The van der Waals surface area contributed by atoms with Crippen molar-refractivity contribution >= 4 is 35.4 Å². The van der Waals surface area contributed by atoms with Crippen LogP contribution in [0.5, 0.6) is 0 Å². The molecule has 0 aliphatic rings. The van der Waals surface area contributed by atoms with Crippen LogP contribution in [0.1, 0.15) is 111 Å². The van der Waals surface area contributed by atoms with E-state index >= 15 is 0 Å². The monoisotopic (exact) mass is 1110 g/mol. The van der Waals surface area contributed by atoms with E-state index in [4.69, 9.17) is 0 Å². The quantitative estimate of drug-likeness (QED) is 0.0207. The lowest BCUT2D eigenvalue weighted by Crippen LogP contribution is -2.44. The van der Waals surface area contributed by atoms with E-state index in [1.54, 1.807) is 62.3 Å². The lowest BCUT2D eigenvalue weighted by Gasteiger charge is -2.23. The fraction of sp³-hybridized carbons (Fsp3) is 0.647. The molecule has 28 nitrogen and oxygen atoms in total. The molecule has 0 unspecified atom stereocenters. The number of carbonyl (C=O) groups is 6. The summed E-state index contributed by atoms with van der Waals surface area (Å²) in [7, 11) is 0. The van der Waals surface area contributed by atoms with E-state index in [1.165, 1.54) is 0 Å². The van der Waals surface area contributed by atoms with Gasteiger partial charge < -0.3 is 63.5 Å². The van der Waals surface area contributed by atoms with Crippen molar-refractivity contribution < 1.29 is 44.4 Å². The van der Waals surface area contributed by atoms with Crippen LogP contribution in [0.4, 0.5) is 0 Å². The first-order valence-electron chi connectivity index (χ1n) is 26.8. The van der Waals surface area contributed by atoms with Crippen molar-refractivity contribution in [3.05, 3.63) is 82.3 Å². The molecule has 28 heteroatoms. The summed E-state index contributed by atoms with van der Waals surface area (Å²) >= 11 is 0. The third-order valence-corrected chi connectivity index (χ3v) is 12.9. The largest absolute Gasteiger partial charge is 0.425 e. The summed E-state index contributed by atoms with van der Waals surface area (Å²) in [5, 5.41) is 56.6. The molecule has 0 aliphatic carbocycles. The van der Waals surface area contributed by atoms with Crippen LogP contribution in [-0.4, -0.2) is 182 Å². The molecule has 440 valence electrons. The molecule has 0 radical (unpaired) electrons. The average Bonchev–Trinajstić information content (AvgIpc) is 3.41. The molecule has 3 aromatic rings. The molecular weight excluding hydrogens is 1030 g/mol. The highest BCUT2D eigenvalue weighted by atomic mass is 16.5. The zero-order valence-electron chi connectivity index (χ0n) is 47.2. The third kappa shape index (κ3) is 23.7. The van der Waals surface area contributed by atoms with Crippen molar-refractivity contribution in [2.45, 2.75) is 138 Å². The Morgan fingerprint density at radius 3 is 0.924 bits per heavy atom. The Hall–Kier alpha value is -7.30. The highest BCUT2D eigenvalue weighted by Crippen LogP contribution is 2.05. The standard InChI is InChI=1S/C51H84N16O12/c1-31(58-46(71)13-10-40-49(74)65(77)37(7)34(4)61-40)28-52-19-16-43(68)55-22-25-64(26-23-56-44(69)17-20-53-29-32(2)59-47(72)14-11-41-50(75)66(78)38(8)35(5)62-41)27-24-57-45(70)18-21-54-30-33(3)60-48(73)15-12-42-51(76)67(79)39(9)36(6)63-42/h31-33,52-54,77-79H,10-30H2,1-9H3,(H,55,68)(H,56,69)(H,57,70)(H,58,71)(H,59,72)(H,60,73)/t31-,32-,33-/m1/s1. The highest BCUT2D eigenvalue weighted by Gasteiger charge is 2.18. The molecule has 0 bridgehead atoms. The molecule has 12 N–H and O–H groups in total. The van der Waals surface area contributed by atoms with Gasteiger partial charge in [-0.25, -0.2) is 0 Å². The van der Waals surface area contributed by atoms with Crippen LogP contribution in [0.2, 0.25) is 0 Å². The summed E-state index contributed by atoms with van der Waals surface area (Å²) in [5.41, 5.74) is 0.751. The normalized spacial score (nSPS) is 12.4. The minimum absolute atomic E-state index is 0.00269. The fourth-order valence-electron chi connectivity index (χ4n) is 7.88. The molecule has 0 saturated heterocycles. The van der Waals surface area contributed by atoms with E-state index in [9.17, 15) is 58.8 Å². The topological polar surface area (TPSA) is 379 Å². The van der Waals surface area contributed by atoms with E-state index in [2.05, 4.69) is 62.8 Å². The molecule has 0 spiro atoms. The Balaban J connectivity index is 1.38. The van der Waals surface area contributed by atoms with Crippen LogP contribution in [-0.2, 0) is 48.0 Å². The molecule has 6 amide bonds. The number of nitrogens with one attached hydrogen (secondary N) is 9. The van der Waals surface area contributed by atoms with Crippen molar-refractivity contribution in [1.29, 1.82) is 0 Å². The van der Waals surface area contributed by atoms with Crippen LogP contribution in [0, 0.1) is 41.5 Å². The van der Waals surface area contributed by atoms with Crippen molar-refractivity contribution in [2.75, 3.05) is 78.5 Å². The summed E-state index contributed by atoms with van der Waals surface area (Å²) in [6.07, 6.45) is 0.688. The van der Waals surface area contributed by atoms with E-state index in [-0.39, 0.29) is 148 Å². The molecule has 3 rings (SSSR count). The molecule has 3 heterocycles. The summed E-state index contributed by atoms with van der Waals surface area (Å²) in [5.74, 6) is -1.49. The lowest BCUT2D eigenvalue weighted by atomic mass is 10.2. The Kier molecular flexibility index (Phi) is 28.3. The predicted octanol–water partition coefficient (Wildman–Crippen LogP) is -2.78. The zero-order valence-corrected chi connectivity index (χ0v) is 47.2. The molecule has 0 fully saturated rings. The van der Waals surface area contributed by atoms with Gasteiger partial charge in [-0.2, -0.15) is 0 Å². The number of rotatable bonds is 36. The van der Waals surface area contributed by atoms with Crippen molar-refractivity contribution in [3.8, 4) is 0 Å². The number of aromatic nitrogens is 6. The van der Waals surface area contributed by atoms with Gasteiger partial charge in [-0.15, -0.1) is 14.2 Å². The van der Waals surface area contributed by atoms with Gasteiger partial charge in [0.25, 0.3) is 0 Å². The number of carbonyl (C=O) groups excluding carboxylic acids is 6. The second kappa shape index (κ2) is 33.9. The molecular formula is C51H84N16O12. The van der Waals surface area contributed by atoms with Gasteiger partial charge in [0.15, 0.2) is 0 Å². The maximum absolute atomic E-state index is 12.8. The first-order chi connectivity index (χ1) is 37.4. The van der Waals surface area contributed by atoms with Gasteiger partial charge in [0, 0.05) is 154 Å². The fourth-order valence-corrected chi connectivity index (χ4v) is 7.88. The van der Waals surface area contributed by atoms with Crippen LogP contribution in [0.25, 0.3) is 0 Å². The average molecular weight is 1110 g/mol. The van der Waals surface area contributed by atoms with Gasteiger partial charge in [-0.3, -0.25) is 63.0 Å². The van der Waals surface area contributed by atoms with Gasteiger partial charge in [0.05, 0.1) is 34.2 Å². The Bertz CT molecular complexity index is 2440. The highest BCUT2D eigenvalue weighted by molar-refractivity contribution is 5.78. The first-order valence-corrected chi connectivity index (χ1v) is 26.8. The van der Waals surface area contributed by atoms with Crippen LogP contribution in [0.3, 0.4) is 0 Å². The first kappa shape index (κ1) is 66.0. The number of hydrogen-bond acceptors (Lipinski definition) is 19. The minimum Gasteiger partial charge on any atom is -0.425 e. The number of aryl methyl sites for hydroxylation is 6. The Morgan fingerprint density at radius 2 is 0.671 bits per heavy atom. The lowest BCUT2D eigenvalue weighted by molar-refractivity contribution is -0.122. The second-order valence-electron chi connectivity index (χ2n) is 19.7. The predicted molar refractivity (Wildman–Crippen MR) is 291 cm³/mol.